The van der Waals surface area contributed by atoms with E-state index in [0.717, 1.165) is 39.2 Å². The highest BCUT2D eigenvalue weighted by atomic mass is 79.9. The molecule has 0 heterocycles. The fourth-order valence-corrected chi connectivity index (χ4v) is 4.02. The Morgan fingerprint density at radius 3 is 2.55 bits per heavy atom. The second-order valence-corrected chi connectivity index (χ2v) is 9.84. The van der Waals surface area contributed by atoms with Crippen LogP contribution in [0.25, 0.3) is 0 Å². The number of aryl methyl sites for hydroxylation is 1. The van der Waals surface area contributed by atoms with E-state index in [1.807, 2.05) is 38.1 Å². The number of hydrogen-bond acceptors (Lipinski definition) is 4. The first kappa shape index (κ1) is 23.2. The molecule has 0 spiro atoms. The lowest BCUT2D eigenvalue weighted by molar-refractivity contribution is -0.119. The van der Waals surface area contributed by atoms with Gasteiger partial charge in [-0.3, -0.25) is 9.10 Å². The van der Waals surface area contributed by atoms with E-state index < -0.39 is 10.0 Å². The molecule has 0 saturated heterocycles. The average molecular weight is 483 g/mol. The average Bonchev–Trinajstić information content (AvgIpc) is 2.62. The topological polar surface area (TPSA) is 75.7 Å². The third-order valence-corrected chi connectivity index (χ3v) is 5.65. The zero-order chi connectivity index (χ0) is 21.4. The van der Waals surface area contributed by atoms with Gasteiger partial charge in [-0.2, -0.15) is 0 Å². The highest BCUT2D eigenvalue weighted by Gasteiger charge is 2.20. The number of hydrogen-bond donors (Lipinski definition) is 1. The third kappa shape index (κ3) is 8.06. The molecule has 0 fully saturated rings. The summed E-state index contributed by atoms with van der Waals surface area (Å²) in [5.41, 5.74) is 1.57. The zero-order valence-corrected chi connectivity index (χ0v) is 19.3. The number of rotatable bonds is 10. The van der Waals surface area contributed by atoms with E-state index in [9.17, 15) is 13.2 Å². The minimum atomic E-state index is -3.58. The normalized spacial score (nSPS) is 11.3. The van der Waals surface area contributed by atoms with Crippen LogP contribution in [0.1, 0.15) is 25.8 Å². The largest absolute Gasteiger partial charge is 0.491 e. The number of ether oxygens (including phenoxy) is 1. The molecular weight excluding hydrogens is 456 g/mol. The first-order valence-corrected chi connectivity index (χ1v) is 12.0. The fraction of sp³-hybridized carbons (Fsp3) is 0.381. The van der Waals surface area contributed by atoms with Gasteiger partial charge in [0.2, 0.25) is 15.9 Å². The number of anilines is 1. The van der Waals surface area contributed by atoms with Crippen molar-refractivity contribution in [2.24, 2.45) is 0 Å². The van der Waals surface area contributed by atoms with Gasteiger partial charge >= 0.3 is 0 Å². The van der Waals surface area contributed by atoms with Gasteiger partial charge in [-0.15, -0.1) is 0 Å². The number of amides is 1. The van der Waals surface area contributed by atoms with Crippen LogP contribution in [0.4, 0.5) is 5.69 Å². The maximum absolute atomic E-state index is 12.3. The Bertz CT molecular complexity index is 932. The monoisotopic (exact) mass is 482 g/mol. The Morgan fingerprint density at radius 1 is 1.17 bits per heavy atom. The lowest BCUT2D eigenvalue weighted by atomic mass is 10.1. The van der Waals surface area contributed by atoms with Crippen LogP contribution < -0.4 is 14.4 Å². The van der Waals surface area contributed by atoms with Crippen LogP contribution in [-0.4, -0.2) is 39.8 Å². The molecule has 2 aromatic carbocycles. The minimum Gasteiger partial charge on any atom is -0.491 e. The molecule has 0 aromatic heterocycles. The third-order valence-electron chi connectivity index (χ3n) is 4.02. The van der Waals surface area contributed by atoms with Crippen molar-refractivity contribution in [2.75, 3.05) is 23.7 Å². The van der Waals surface area contributed by atoms with Gasteiger partial charge in [0.15, 0.2) is 0 Å². The number of nitrogens with zero attached hydrogens (tertiary/aromatic N) is 1. The zero-order valence-electron chi connectivity index (χ0n) is 16.9. The molecule has 6 nitrogen and oxygen atoms in total. The number of carbonyl (C=O) groups excluding carboxylic acids is 1. The maximum Gasteiger partial charge on any atom is 0.240 e. The molecule has 158 valence electrons. The van der Waals surface area contributed by atoms with Crippen molar-refractivity contribution in [3.8, 4) is 5.75 Å². The molecule has 0 unspecified atom stereocenters. The molecule has 0 aliphatic heterocycles. The van der Waals surface area contributed by atoms with Gasteiger partial charge in [0.25, 0.3) is 0 Å². The molecule has 1 N–H and O–H groups in total. The highest BCUT2D eigenvalue weighted by Crippen LogP contribution is 2.22. The van der Waals surface area contributed by atoms with E-state index in [-0.39, 0.29) is 18.6 Å². The molecule has 29 heavy (non-hydrogen) atoms. The van der Waals surface area contributed by atoms with Gasteiger partial charge in [0, 0.05) is 11.0 Å². The first-order chi connectivity index (χ1) is 13.6. The minimum absolute atomic E-state index is 0.118. The summed E-state index contributed by atoms with van der Waals surface area (Å²) in [5.74, 6) is 0.492. The molecule has 0 radical (unpaired) electrons. The Morgan fingerprint density at radius 2 is 1.90 bits per heavy atom. The Hall–Kier alpha value is -2.06. The van der Waals surface area contributed by atoms with Gasteiger partial charge in [0.05, 0.1) is 18.0 Å². The van der Waals surface area contributed by atoms with Crippen molar-refractivity contribution >= 4 is 37.5 Å². The second kappa shape index (κ2) is 10.6. The van der Waals surface area contributed by atoms with Gasteiger partial charge in [0.1, 0.15) is 12.3 Å². The van der Waals surface area contributed by atoms with E-state index in [2.05, 4.69) is 21.2 Å². The van der Waals surface area contributed by atoms with Crippen LogP contribution in [-0.2, 0) is 21.2 Å². The predicted molar refractivity (Wildman–Crippen MR) is 120 cm³/mol. The second-order valence-electron chi connectivity index (χ2n) is 7.02. The van der Waals surface area contributed by atoms with Crippen molar-refractivity contribution in [2.45, 2.75) is 32.8 Å². The highest BCUT2D eigenvalue weighted by molar-refractivity contribution is 9.10. The summed E-state index contributed by atoms with van der Waals surface area (Å²) in [6.45, 7) is 4.17. The number of nitrogens with one attached hydrogen (secondary N) is 1. The summed E-state index contributed by atoms with van der Waals surface area (Å²) in [5, 5.41) is 2.80. The standard InChI is InChI=1S/C21H27BrN2O4S/c1-16(2)28-20-11-4-7-17(13-20)8-6-12-23-21(25)15-24(29(3,26)27)19-10-5-9-18(22)14-19/h4-5,7,9-11,13-14,16H,6,8,12,15H2,1-3H3,(H,23,25). The number of halogens is 1. The number of sulfonamides is 1. The van der Waals surface area contributed by atoms with Crippen molar-refractivity contribution in [1.29, 1.82) is 0 Å². The lowest BCUT2D eigenvalue weighted by Gasteiger charge is -2.22. The predicted octanol–water partition coefficient (Wildman–Crippen LogP) is 3.75. The lowest BCUT2D eigenvalue weighted by Crippen LogP contribution is -2.40. The van der Waals surface area contributed by atoms with Crippen molar-refractivity contribution in [3.63, 3.8) is 0 Å². The van der Waals surface area contributed by atoms with E-state index in [0.29, 0.717) is 12.2 Å². The van der Waals surface area contributed by atoms with Gasteiger partial charge in [-0.25, -0.2) is 8.42 Å². The van der Waals surface area contributed by atoms with Crippen LogP contribution in [0.2, 0.25) is 0 Å². The van der Waals surface area contributed by atoms with E-state index in [1.54, 1.807) is 24.3 Å². The number of carbonyl (C=O) groups is 1. The van der Waals surface area contributed by atoms with E-state index >= 15 is 0 Å². The van der Waals surface area contributed by atoms with E-state index in [4.69, 9.17) is 4.74 Å². The molecule has 1 amide bonds. The van der Waals surface area contributed by atoms with Crippen molar-refractivity contribution < 1.29 is 17.9 Å². The number of benzene rings is 2. The maximum atomic E-state index is 12.3. The summed E-state index contributed by atoms with van der Waals surface area (Å²) < 4.78 is 31.8. The van der Waals surface area contributed by atoms with Gasteiger partial charge in [-0.1, -0.05) is 34.1 Å². The van der Waals surface area contributed by atoms with Crippen molar-refractivity contribution in [1.82, 2.24) is 5.32 Å². The molecule has 2 rings (SSSR count). The van der Waals surface area contributed by atoms with Crippen LogP contribution in [0.15, 0.2) is 53.0 Å². The van der Waals surface area contributed by atoms with Crippen LogP contribution in [0, 0.1) is 0 Å². The van der Waals surface area contributed by atoms with Crippen LogP contribution >= 0.6 is 15.9 Å². The molecule has 0 aliphatic carbocycles. The van der Waals surface area contributed by atoms with E-state index in [1.165, 1.54) is 0 Å². The molecular formula is C21H27BrN2O4S. The summed E-state index contributed by atoms with van der Waals surface area (Å²) in [6, 6.07) is 14.7. The summed E-state index contributed by atoms with van der Waals surface area (Å²) in [4.78, 5) is 12.3. The Kier molecular flexibility index (Phi) is 8.52. The molecule has 8 heteroatoms. The van der Waals surface area contributed by atoms with Gasteiger partial charge in [-0.05, 0) is 62.6 Å². The van der Waals surface area contributed by atoms with Crippen LogP contribution in [0.5, 0.6) is 5.75 Å². The van der Waals surface area contributed by atoms with Crippen LogP contribution in [0.3, 0.4) is 0 Å². The SMILES string of the molecule is CC(C)Oc1cccc(CCCNC(=O)CN(c2cccc(Br)c2)S(C)(=O)=O)c1. The van der Waals surface area contributed by atoms with Crippen molar-refractivity contribution in [3.05, 3.63) is 58.6 Å². The Labute approximate surface area is 181 Å². The quantitative estimate of drug-likeness (QED) is 0.523. The summed E-state index contributed by atoms with van der Waals surface area (Å²) in [7, 11) is -3.58. The molecule has 0 aliphatic rings. The molecule has 0 saturated carbocycles. The van der Waals surface area contributed by atoms with Gasteiger partial charge < -0.3 is 10.1 Å². The summed E-state index contributed by atoms with van der Waals surface area (Å²) in [6.07, 6.45) is 2.74. The molecule has 2 aromatic rings. The smallest absolute Gasteiger partial charge is 0.240 e. The molecule has 0 atom stereocenters. The fourth-order valence-electron chi connectivity index (χ4n) is 2.78. The Balaban J connectivity index is 1.87. The summed E-state index contributed by atoms with van der Waals surface area (Å²) >= 11 is 3.32. The molecule has 0 bridgehead atoms. The first-order valence-electron chi connectivity index (χ1n) is 9.41.